The van der Waals surface area contributed by atoms with Gasteiger partial charge < -0.3 is 24.2 Å². The highest BCUT2D eigenvalue weighted by Crippen LogP contribution is 2.24. The van der Waals surface area contributed by atoms with Crippen LogP contribution in [0, 0.1) is 0 Å². The van der Waals surface area contributed by atoms with E-state index in [1.807, 2.05) is 0 Å². The number of carbonyl (C=O) groups is 1. The van der Waals surface area contributed by atoms with Gasteiger partial charge in [-0.15, -0.1) is 0 Å². The molecule has 166 valence electrons. The van der Waals surface area contributed by atoms with Crippen LogP contribution in [0.5, 0.6) is 5.75 Å². The predicted molar refractivity (Wildman–Crippen MR) is 116 cm³/mol. The molecule has 0 saturated heterocycles. The molecule has 0 bridgehead atoms. The molecule has 0 aliphatic carbocycles. The Morgan fingerprint density at radius 2 is 2.00 bits per heavy atom. The van der Waals surface area contributed by atoms with Crippen LogP contribution in [-0.2, 0) is 10.1 Å². The lowest BCUT2D eigenvalue weighted by atomic mass is 10.3. The molecule has 0 aliphatic rings. The third kappa shape index (κ3) is 4.87. The van der Waals surface area contributed by atoms with Crippen molar-refractivity contribution in [1.82, 2.24) is 24.8 Å². The quantitative estimate of drug-likeness (QED) is 0.234. The minimum absolute atomic E-state index is 0.00500. The molecule has 2 heterocycles. The van der Waals surface area contributed by atoms with Crippen LogP contribution in [0.3, 0.4) is 0 Å². The molecule has 11 nitrogen and oxygen atoms in total. The lowest BCUT2D eigenvalue weighted by Crippen LogP contribution is -2.30. The summed E-state index contributed by atoms with van der Waals surface area (Å²) in [6.07, 6.45) is 5.43. The summed E-state index contributed by atoms with van der Waals surface area (Å²) in [7, 11) is -4.06. The first-order valence-electron chi connectivity index (χ1n) is 9.63. The number of rotatable bonds is 8. The zero-order valence-corrected chi connectivity index (χ0v) is 17.5. The molecule has 0 fully saturated rings. The lowest BCUT2D eigenvalue weighted by Gasteiger charge is -2.08. The number of nitrogens with one attached hydrogen (secondary N) is 3. The number of aliphatic hydroxyl groups excluding tert-OH is 1. The van der Waals surface area contributed by atoms with Gasteiger partial charge in [-0.3, -0.25) is 5.32 Å². The van der Waals surface area contributed by atoms with Crippen LogP contribution in [-0.4, -0.2) is 52.2 Å². The Kier molecular flexibility index (Phi) is 6.05. The van der Waals surface area contributed by atoms with E-state index in [9.17, 15) is 13.2 Å². The first-order valence-corrected chi connectivity index (χ1v) is 11.0. The maximum atomic E-state index is 12.7. The van der Waals surface area contributed by atoms with Crippen LogP contribution in [0.1, 0.15) is 6.42 Å². The Labute approximate surface area is 183 Å². The second-order valence-electron chi connectivity index (χ2n) is 6.72. The highest BCUT2D eigenvalue weighted by molar-refractivity contribution is 7.87. The van der Waals surface area contributed by atoms with Crippen molar-refractivity contribution < 1.29 is 22.5 Å². The number of amides is 2. The predicted octanol–water partition coefficient (Wildman–Crippen LogP) is 2.02. The second-order valence-corrected chi connectivity index (χ2v) is 8.27. The maximum Gasteiger partial charge on any atom is 0.339 e. The summed E-state index contributed by atoms with van der Waals surface area (Å²) in [6.45, 7) is 0.299. The van der Waals surface area contributed by atoms with Gasteiger partial charge in [-0.1, -0.05) is 0 Å². The largest absolute Gasteiger partial charge is 0.396 e. The van der Waals surface area contributed by atoms with E-state index in [0.29, 0.717) is 24.0 Å². The summed E-state index contributed by atoms with van der Waals surface area (Å²) in [5.74, 6) is 0.276. The van der Waals surface area contributed by atoms with Gasteiger partial charge in [0.25, 0.3) is 0 Å². The van der Waals surface area contributed by atoms with Crippen molar-refractivity contribution in [2.45, 2.75) is 11.3 Å². The van der Waals surface area contributed by atoms with E-state index in [4.69, 9.17) is 9.29 Å². The van der Waals surface area contributed by atoms with E-state index in [1.54, 1.807) is 41.5 Å². The van der Waals surface area contributed by atoms with Gasteiger partial charge in [-0.2, -0.15) is 8.42 Å². The number of aromatic nitrogens is 4. The number of hydrogen-bond acceptors (Lipinski definition) is 7. The molecule has 12 heteroatoms. The van der Waals surface area contributed by atoms with Crippen LogP contribution < -0.4 is 14.8 Å². The molecule has 0 unspecified atom stereocenters. The van der Waals surface area contributed by atoms with Crippen LogP contribution in [0.4, 0.5) is 10.7 Å². The number of benzene rings is 2. The number of hydrogen-bond donors (Lipinski definition) is 4. The Balaban J connectivity index is 1.46. The van der Waals surface area contributed by atoms with Crippen molar-refractivity contribution in [3.8, 4) is 11.4 Å². The standard InChI is InChI=1S/C20H20N6O5S/c27-11-1-8-22-20(28)25-19-23-17-7-4-15(12-18(17)24-19)31-32(29,30)16-5-2-14(3-6-16)26-10-9-21-13-26/h2-7,9-10,12-13,27H,1,8,11H2,(H3,22,23,24,25,28). The maximum absolute atomic E-state index is 12.7. The molecule has 2 amide bonds. The number of nitrogens with zero attached hydrogens (tertiary/aromatic N) is 3. The van der Waals surface area contributed by atoms with E-state index >= 15 is 0 Å². The van der Waals surface area contributed by atoms with E-state index < -0.39 is 16.1 Å². The Morgan fingerprint density at radius 1 is 1.19 bits per heavy atom. The fourth-order valence-corrected chi connectivity index (χ4v) is 3.82. The summed E-state index contributed by atoms with van der Waals surface area (Å²) in [4.78, 5) is 22.9. The number of anilines is 1. The molecular weight excluding hydrogens is 436 g/mol. The van der Waals surface area contributed by atoms with Crippen molar-refractivity contribution in [3.63, 3.8) is 0 Å². The average molecular weight is 456 g/mol. The van der Waals surface area contributed by atoms with E-state index in [1.165, 1.54) is 24.3 Å². The minimum Gasteiger partial charge on any atom is -0.396 e. The average Bonchev–Trinajstić information content (AvgIpc) is 3.43. The molecule has 0 spiro atoms. The summed E-state index contributed by atoms with van der Waals surface area (Å²) in [6, 6.07) is 10.3. The Bertz CT molecular complexity index is 1320. The number of imidazole rings is 2. The highest BCUT2D eigenvalue weighted by Gasteiger charge is 2.18. The highest BCUT2D eigenvalue weighted by atomic mass is 32.2. The summed E-state index contributed by atoms with van der Waals surface area (Å²) >= 11 is 0. The van der Waals surface area contributed by atoms with Gasteiger partial charge in [-0.05, 0) is 42.8 Å². The molecule has 0 saturated carbocycles. The van der Waals surface area contributed by atoms with Crippen molar-refractivity contribution in [1.29, 1.82) is 0 Å². The molecule has 2 aromatic heterocycles. The van der Waals surface area contributed by atoms with Crippen molar-refractivity contribution in [2.75, 3.05) is 18.5 Å². The van der Waals surface area contributed by atoms with E-state index in [2.05, 4.69) is 25.6 Å². The fourth-order valence-electron chi connectivity index (χ4n) is 2.90. The third-order valence-corrected chi connectivity index (χ3v) is 5.70. The molecule has 4 rings (SSSR count). The van der Waals surface area contributed by atoms with Gasteiger partial charge in [0.2, 0.25) is 5.95 Å². The molecule has 0 aliphatic heterocycles. The lowest BCUT2D eigenvalue weighted by molar-refractivity contribution is 0.248. The summed E-state index contributed by atoms with van der Waals surface area (Å²) in [5, 5.41) is 13.9. The smallest absolute Gasteiger partial charge is 0.339 e. The zero-order chi connectivity index (χ0) is 22.6. The van der Waals surface area contributed by atoms with E-state index in [-0.39, 0.29) is 23.2 Å². The molecule has 4 N–H and O–H groups in total. The van der Waals surface area contributed by atoms with Crippen molar-refractivity contribution in [2.24, 2.45) is 0 Å². The number of urea groups is 1. The number of carbonyl (C=O) groups excluding carboxylic acids is 1. The summed E-state index contributed by atoms with van der Waals surface area (Å²) in [5.41, 5.74) is 1.77. The fraction of sp³-hybridized carbons (Fsp3) is 0.150. The zero-order valence-electron chi connectivity index (χ0n) is 16.7. The number of H-pyrrole nitrogens is 1. The Hall–Kier alpha value is -3.90. The number of fused-ring (bicyclic) bond motifs is 1. The van der Waals surface area contributed by atoms with Crippen LogP contribution in [0.15, 0.2) is 66.1 Å². The molecular formula is C20H20N6O5S. The van der Waals surface area contributed by atoms with Gasteiger partial charge in [-0.25, -0.2) is 14.8 Å². The molecule has 0 radical (unpaired) electrons. The SMILES string of the molecule is O=C(NCCCO)Nc1nc2cc(OS(=O)(=O)c3ccc(-n4ccnc4)cc3)ccc2[nH]1. The van der Waals surface area contributed by atoms with Crippen LogP contribution in [0.2, 0.25) is 0 Å². The van der Waals surface area contributed by atoms with Gasteiger partial charge in [0.05, 0.1) is 17.4 Å². The monoisotopic (exact) mass is 456 g/mol. The Morgan fingerprint density at radius 3 is 2.72 bits per heavy atom. The van der Waals surface area contributed by atoms with Gasteiger partial charge in [0.15, 0.2) is 0 Å². The van der Waals surface area contributed by atoms with Gasteiger partial charge >= 0.3 is 16.1 Å². The van der Waals surface area contributed by atoms with Gasteiger partial charge in [0.1, 0.15) is 10.6 Å². The second kappa shape index (κ2) is 9.08. The molecule has 32 heavy (non-hydrogen) atoms. The van der Waals surface area contributed by atoms with Crippen molar-refractivity contribution in [3.05, 3.63) is 61.2 Å². The first kappa shape index (κ1) is 21.3. The van der Waals surface area contributed by atoms with Crippen LogP contribution >= 0.6 is 0 Å². The molecule has 4 aromatic rings. The minimum atomic E-state index is -4.06. The summed E-state index contributed by atoms with van der Waals surface area (Å²) < 4.78 is 32.3. The topological polar surface area (TPSA) is 151 Å². The van der Waals surface area contributed by atoms with Gasteiger partial charge in [0, 0.05) is 37.3 Å². The van der Waals surface area contributed by atoms with Crippen LogP contribution in [0.25, 0.3) is 16.7 Å². The third-order valence-electron chi connectivity index (χ3n) is 4.44. The van der Waals surface area contributed by atoms with E-state index in [0.717, 1.165) is 5.69 Å². The van der Waals surface area contributed by atoms with Crippen molar-refractivity contribution >= 4 is 33.1 Å². The number of aromatic amines is 1. The molecule has 0 atom stereocenters. The number of aliphatic hydroxyl groups is 1. The first-order chi connectivity index (χ1) is 15.4. The normalized spacial score (nSPS) is 11.4. The molecule has 2 aromatic carbocycles.